The Morgan fingerprint density at radius 2 is 1.65 bits per heavy atom. The molecular formula is C27H26ClN3O6. The maximum atomic E-state index is 12.8. The molecule has 0 aliphatic rings. The molecule has 9 nitrogen and oxygen atoms in total. The lowest BCUT2D eigenvalue weighted by Gasteiger charge is -2.16. The van der Waals surface area contributed by atoms with E-state index in [9.17, 15) is 4.79 Å². The van der Waals surface area contributed by atoms with Crippen molar-refractivity contribution in [2.45, 2.75) is 12.5 Å². The Hall–Kier alpha value is -4.24. The number of halogens is 1. The Balaban J connectivity index is 1.56. The van der Waals surface area contributed by atoms with Crippen molar-refractivity contribution < 1.29 is 28.3 Å². The van der Waals surface area contributed by atoms with E-state index in [0.29, 0.717) is 45.8 Å². The van der Waals surface area contributed by atoms with E-state index in [1.54, 1.807) is 36.4 Å². The van der Waals surface area contributed by atoms with Gasteiger partial charge in [-0.3, -0.25) is 4.79 Å². The monoisotopic (exact) mass is 523 g/mol. The molecule has 0 aliphatic carbocycles. The van der Waals surface area contributed by atoms with Crippen LogP contribution in [-0.4, -0.2) is 44.0 Å². The predicted molar refractivity (Wildman–Crippen MR) is 137 cm³/mol. The van der Waals surface area contributed by atoms with E-state index >= 15 is 0 Å². The summed E-state index contributed by atoms with van der Waals surface area (Å²) in [5, 5.41) is 7.65. The van der Waals surface area contributed by atoms with E-state index in [0.717, 1.165) is 5.56 Å². The van der Waals surface area contributed by atoms with Gasteiger partial charge in [0.1, 0.15) is 11.8 Å². The molecule has 0 bridgehead atoms. The van der Waals surface area contributed by atoms with E-state index in [1.807, 2.05) is 30.3 Å². The molecule has 1 atom stereocenters. The molecular weight excluding hydrogens is 498 g/mol. The fraction of sp³-hybridized carbons (Fsp3) is 0.222. The van der Waals surface area contributed by atoms with E-state index in [1.165, 1.54) is 21.3 Å². The number of carbonyl (C=O) groups is 1. The lowest BCUT2D eigenvalue weighted by Crippen LogP contribution is -2.34. The Bertz CT molecular complexity index is 1300. The zero-order valence-electron chi connectivity index (χ0n) is 20.6. The lowest BCUT2D eigenvalue weighted by molar-refractivity contribution is -0.124. The van der Waals surface area contributed by atoms with Crippen LogP contribution in [0.1, 0.15) is 17.5 Å². The van der Waals surface area contributed by atoms with E-state index < -0.39 is 6.04 Å². The van der Waals surface area contributed by atoms with Crippen LogP contribution >= 0.6 is 11.6 Å². The first kappa shape index (κ1) is 25.8. The number of amides is 1. The van der Waals surface area contributed by atoms with Gasteiger partial charge in [-0.15, -0.1) is 0 Å². The van der Waals surface area contributed by atoms with Crippen LogP contribution in [-0.2, 0) is 11.2 Å². The first-order valence-corrected chi connectivity index (χ1v) is 11.7. The SMILES string of the molecule is COc1cc(-c2noc([C@H](Cc3ccccc3)NC(=O)COc3ccc(Cl)cc3)n2)cc(OC)c1OC. The molecule has 0 spiro atoms. The van der Waals surface area contributed by atoms with Crippen LogP contribution < -0.4 is 24.3 Å². The summed E-state index contributed by atoms with van der Waals surface area (Å²) in [6, 6.07) is 19.3. The van der Waals surface area contributed by atoms with Gasteiger partial charge >= 0.3 is 0 Å². The van der Waals surface area contributed by atoms with Crippen molar-refractivity contribution in [3.8, 4) is 34.4 Å². The molecule has 0 saturated heterocycles. The van der Waals surface area contributed by atoms with Gasteiger partial charge < -0.3 is 28.8 Å². The molecule has 1 aromatic heterocycles. The summed E-state index contributed by atoms with van der Waals surface area (Å²) in [5.74, 6) is 2.09. The van der Waals surface area contributed by atoms with E-state index in [2.05, 4.69) is 15.5 Å². The number of hydrogen-bond donors (Lipinski definition) is 1. The van der Waals surface area contributed by atoms with Crippen molar-refractivity contribution in [3.05, 3.63) is 83.2 Å². The molecule has 1 N–H and O–H groups in total. The average molecular weight is 524 g/mol. The second-order valence-corrected chi connectivity index (χ2v) is 8.36. The number of nitrogens with one attached hydrogen (secondary N) is 1. The number of aromatic nitrogens is 2. The van der Waals surface area contributed by atoms with Gasteiger partial charge in [-0.2, -0.15) is 4.98 Å². The number of carbonyl (C=O) groups excluding carboxylic acids is 1. The summed E-state index contributed by atoms with van der Waals surface area (Å²) >= 11 is 5.90. The van der Waals surface area contributed by atoms with Crippen molar-refractivity contribution in [1.29, 1.82) is 0 Å². The van der Waals surface area contributed by atoms with Gasteiger partial charge in [-0.25, -0.2) is 0 Å². The number of methoxy groups -OCH3 is 3. The van der Waals surface area contributed by atoms with Crippen molar-refractivity contribution in [3.63, 3.8) is 0 Å². The number of ether oxygens (including phenoxy) is 4. The lowest BCUT2D eigenvalue weighted by atomic mass is 10.1. The quantitative estimate of drug-likeness (QED) is 0.296. The molecule has 10 heteroatoms. The minimum absolute atomic E-state index is 0.194. The average Bonchev–Trinajstić information content (AvgIpc) is 3.42. The second kappa shape index (κ2) is 12.1. The van der Waals surface area contributed by atoms with Crippen LogP contribution in [0.5, 0.6) is 23.0 Å². The zero-order chi connectivity index (χ0) is 26.2. The fourth-order valence-electron chi connectivity index (χ4n) is 3.67. The highest BCUT2D eigenvalue weighted by atomic mass is 35.5. The van der Waals surface area contributed by atoms with Crippen LogP contribution in [0.3, 0.4) is 0 Å². The van der Waals surface area contributed by atoms with Crippen molar-refractivity contribution in [1.82, 2.24) is 15.5 Å². The smallest absolute Gasteiger partial charge is 0.258 e. The first-order valence-electron chi connectivity index (χ1n) is 11.4. The molecule has 192 valence electrons. The standard InChI is InChI=1S/C27H26ClN3O6/c1-33-22-14-18(15-23(34-2)25(22)35-3)26-30-27(37-31-26)21(13-17-7-5-4-6-8-17)29-24(32)16-36-20-11-9-19(28)10-12-20/h4-12,14-15,21H,13,16H2,1-3H3,(H,29,32)/t21-/m0/s1. The van der Waals surface area contributed by atoms with Gasteiger partial charge in [0.25, 0.3) is 5.91 Å². The Morgan fingerprint density at radius 1 is 0.973 bits per heavy atom. The molecule has 0 aliphatic heterocycles. The van der Waals surface area contributed by atoms with Crippen molar-refractivity contribution in [2.24, 2.45) is 0 Å². The second-order valence-electron chi connectivity index (χ2n) is 7.92. The van der Waals surface area contributed by atoms with E-state index in [4.69, 9.17) is 35.1 Å². The minimum Gasteiger partial charge on any atom is -0.493 e. The van der Waals surface area contributed by atoms with Crippen LogP contribution in [0, 0.1) is 0 Å². The maximum absolute atomic E-state index is 12.8. The van der Waals surface area contributed by atoms with Gasteiger partial charge in [0.05, 0.1) is 21.3 Å². The third kappa shape index (κ3) is 6.50. The molecule has 0 unspecified atom stereocenters. The highest BCUT2D eigenvalue weighted by Gasteiger charge is 2.24. The molecule has 1 amide bonds. The van der Waals surface area contributed by atoms with Crippen molar-refractivity contribution in [2.75, 3.05) is 27.9 Å². The fourth-order valence-corrected chi connectivity index (χ4v) is 3.80. The molecule has 0 radical (unpaired) electrons. The van der Waals surface area contributed by atoms with Crippen LogP contribution in [0.25, 0.3) is 11.4 Å². The highest BCUT2D eigenvalue weighted by molar-refractivity contribution is 6.30. The molecule has 0 fully saturated rings. The van der Waals surface area contributed by atoms with Gasteiger partial charge in [0.15, 0.2) is 18.1 Å². The Morgan fingerprint density at radius 3 is 2.27 bits per heavy atom. The topological polar surface area (TPSA) is 105 Å². The first-order chi connectivity index (χ1) is 18.0. The Kier molecular flexibility index (Phi) is 8.48. The van der Waals surface area contributed by atoms with Crippen LogP contribution in [0.4, 0.5) is 0 Å². The summed E-state index contributed by atoms with van der Waals surface area (Å²) in [7, 11) is 4.58. The molecule has 37 heavy (non-hydrogen) atoms. The molecule has 4 rings (SSSR count). The molecule has 1 heterocycles. The number of nitrogens with zero attached hydrogens (tertiary/aromatic N) is 2. The minimum atomic E-state index is -0.591. The third-order valence-corrected chi connectivity index (χ3v) is 5.72. The number of rotatable bonds is 11. The predicted octanol–water partition coefficient (Wildman–Crippen LogP) is 4.89. The summed E-state index contributed by atoms with van der Waals surface area (Å²) in [6.45, 7) is -0.194. The maximum Gasteiger partial charge on any atom is 0.258 e. The largest absolute Gasteiger partial charge is 0.493 e. The van der Waals surface area contributed by atoms with Gasteiger partial charge in [-0.1, -0.05) is 47.1 Å². The third-order valence-electron chi connectivity index (χ3n) is 5.46. The summed E-state index contributed by atoms with van der Waals surface area (Å²) < 4.78 is 27.4. The number of benzene rings is 3. The number of hydrogen-bond acceptors (Lipinski definition) is 8. The molecule has 3 aromatic carbocycles. The highest BCUT2D eigenvalue weighted by Crippen LogP contribution is 2.40. The molecule has 4 aromatic rings. The summed E-state index contributed by atoms with van der Waals surface area (Å²) in [6.07, 6.45) is 0.435. The van der Waals surface area contributed by atoms with Gasteiger partial charge in [0.2, 0.25) is 17.5 Å². The van der Waals surface area contributed by atoms with E-state index in [-0.39, 0.29) is 18.4 Å². The van der Waals surface area contributed by atoms with Gasteiger partial charge in [-0.05, 0) is 42.0 Å². The zero-order valence-corrected chi connectivity index (χ0v) is 21.3. The Labute approximate surface area is 219 Å². The summed E-state index contributed by atoms with van der Waals surface area (Å²) in [5.41, 5.74) is 1.58. The summed E-state index contributed by atoms with van der Waals surface area (Å²) in [4.78, 5) is 17.3. The van der Waals surface area contributed by atoms with Crippen LogP contribution in [0.2, 0.25) is 5.02 Å². The van der Waals surface area contributed by atoms with Gasteiger partial charge in [0, 0.05) is 17.0 Å². The molecule has 0 saturated carbocycles. The van der Waals surface area contributed by atoms with Crippen molar-refractivity contribution >= 4 is 17.5 Å². The van der Waals surface area contributed by atoms with Crippen LogP contribution in [0.15, 0.2) is 71.3 Å². The normalized spacial score (nSPS) is 11.5.